The lowest BCUT2D eigenvalue weighted by Crippen LogP contribution is -2.34. The fourth-order valence-electron chi connectivity index (χ4n) is 4.69. The molecule has 0 radical (unpaired) electrons. The third kappa shape index (κ3) is 6.28. The predicted molar refractivity (Wildman–Crippen MR) is 150 cm³/mol. The molecule has 9 heteroatoms. The van der Waals surface area contributed by atoms with Gasteiger partial charge in [0.2, 0.25) is 5.43 Å². The summed E-state index contributed by atoms with van der Waals surface area (Å²) in [4.78, 5) is 31.3. The van der Waals surface area contributed by atoms with Gasteiger partial charge in [-0.3, -0.25) is 4.79 Å². The standard InChI is InChI=1S/C30H35ClN2O6/c1-6-37-29(35)21-17-33-23(30(2,3)4)16-20-15-22(38-14-10-13-36-5)28(31)32-24(20)25(33)27(26(21)34)39-18-19-11-8-7-9-12-19/h7-9,11-12,15,17,23H,6,10,13-14,16,18H2,1-5H3/t23-/m0/s1. The molecular weight excluding hydrogens is 520 g/mol. The maximum Gasteiger partial charge on any atom is 0.343 e. The monoisotopic (exact) mass is 554 g/mol. The summed E-state index contributed by atoms with van der Waals surface area (Å²) in [5.74, 6) is -0.173. The molecular formula is C30H35ClN2O6. The van der Waals surface area contributed by atoms with Gasteiger partial charge in [0.1, 0.15) is 17.9 Å². The van der Waals surface area contributed by atoms with Crippen LogP contribution in [0.25, 0.3) is 11.4 Å². The molecule has 1 aliphatic heterocycles. The highest BCUT2D eigenvalue weighted by Crippen LogP contribution is 2.46. The Balaban J connectivity index is 1.90. The van der Waals surface area contributed by atoms with Gasteiger partial charge in [0.15, 0.2) is 16.7 Å². The largest absolute Gasteiger partial charge is 0.490 e. The molecule has 4 rings (SSSR count). The molecule has 1 atom stereocenters. The average Bonchev–Trinajstić information content (AvgIpc) is 2.90. The number of carbonyl (C=O) groups is 1. The van der Waals surface area contributed by atoms with Gasteiger partial charge in [-0.2, -0.15) is 0 Å². The summed E-state index contributed by atoms with van der Waals surface area (Å²) in [6, 6.07) is 11.3. The summed E-state index contributed by atoms with van der Waals surface area (Å²) in [6.45, 7) is 9.34. The van der Waals surface area contributed by atoms with Crippen LogP contribution in [0.1, 0.15) is 61.6 Å². The van der Waals surface area contributed by atoms with Crippen LogP contribution in [0.2, 0.25) is 5.15 Å². The molecule has 1 aliphatic rings. The zero-order valence-electron chi connectivity index (χ0n) is 23.1. The fourth-order valence-corrected chi connectivity index (χ4v) is 4.89. The first kappa shape index (κ1) is 28.6. The summed E-state index contributed by atoms with van der Waals surface area (Å²) in [7, 11) is 1.64. The molecule has 1 aromatic carbocycles. The molecule has 2 aromatic heterocycles. The number of pyridine rings is 2. The lowest BCUT2D eigenvalue weighted by Gasteiger charge is -2.39. The Labute approximate surface area is 233 Å². The molecule has 3 aromatic rings. The highest BCUT2D eigenvalue weighted by Gasteiger charge is 2.37. The van der Waals surface area contributed by atoms with E-state index in [1.165, 1.54) is 0 Å². The summed E-state index contributed by atoms with van der Waals surface area (Å²) in [5.41, 5.74) is 1.90. The Morgan fingerprint density at radius 3 is 2.56 bits per heavy atom. The SMILES string of the molecule is CCOC(=O)c1cn2c(c(OCc3ccccc3)c1=O)-c1nc(Cl)c(OCCCOC)cc1C[C@H]2C(C)(C)C. The number of aromatic nitrogens is 2. The first-order valence-electron chi connectivity index (χ1n) is 13.1. The lowest BCUT2D eigenvalue weighted by molar-refractivity contribution is 0.0522. The van der Waals surface area contributed by atoms with Crippen molar-refractivity contribution in [3.63, 3.8) is 0 Å². The second-order valence-corrected chi connectivity index (χ2v) is 10.9. The van der Waals surface area contributed by atoms with Crippen LogP contribution in [0.3, 0.4) is 0 Å². The third-order valence-electron chi connectivity index (χ3n) is 6.66. The number of carbonyl (C=O) groups excluding carboxylic acids is 1. The number of methoxy groups -OCH3 is 1. The van der Waals surface area contributed by atoms with Crippen molar-refractivity contribution < 1.29 is 23.7 Å². The minimum atomic E-state index is -0.688. The highest BCUT2D eigenvalue weighted by molar-refractivity contribution is 6.31. The number of fused-ring (bicyclic) bond motifs is 3. The molecule has 8 nitrogen and oxygen atoms in total. The van der Waals surface area contributed by atoms with Crippen LogP contribution in [0.5, 0.6) is 11.5 Å². The van der Waals surface area contributed by atoms with E-state index in [2.05, 4.69) is 20.8 Å². The molecule has 0 bridgehead atoms. The molecule has 0 spiro atoms. The number of halogens is 1. The topological polar surface area (TPSA) is 88.9 Å². The van der Waals surface area contributed by atoms with Crippen LogP contribution >= 0.6 is 11.6 Å². The van der Waals surface area contributed by atoms with E-state index in [0.29, 0.717) is 43.2 Å². The number of nitrogens with zero attached hydrogens (tertiary/aromatic N) is 2. The fraction of sp³-hybridized carbons (Fsp3) is 0.433. The van der Waals surface area contributed by atoms with Gasteiger partial charge in [-0.25, -0.2) is 9.78 Å². The molecule has 208 valence electrons. The molecule has 0 saturated carbocycles. The Bertz CT molecular complexity index is 1380. The van der Waals surface area contributed by atoms with Gasteiger partial charge in [0.05, 0.1) is 18.9 Å². The Morgan fingerprint density at radius 1 is 1.15 bits per heavy atom. The molecule has 0 fully saturated rings. The van der Waals surface area contributed by atoms with Crippen molar-refractivity contribution in [1.82, 2.24) is 9.55 Å². The second kappa shape index (κ2) is 12.2. The quantitative estimate of drug-likeness (QED) is 0.176. The molecule has 0 saturated heterocycles. The van der Waals surface area contributed by atoms with Crippen molar-refractivity contribution in [2.45, 2.75) is 53.2 Å². The summed E-state index contributed by atoms with van der Waals surface area (Å²) in [6.07, 6.45) is 2.88. The third-order valence-corrected chi connectivity index (χ3v) is 6.93. The predicted octanol–water partition coefficient (Wildman–Crippen LogP) is 5.88. The maximum absolute atomic E-state index is 13.8. The van der Waals surface area contributed by atoms with Gasteiger partial charge in [0.25, 0.3) is 0 Å². The van der Waals surface area contributed by atoms with Crippen molar-refractivity contribution in [1.29, 1.82) is 0 Å². The van der Waals surface area contributed by atoms with Gasteiger partial charge in [-0.05, 0) is 36.0 Å². The zero-order valence-corrected chi connectivity index (χ0v) is 23.8. The number of rotatable bonds is 10. The number of hydrogen-bond acceptors (Lipinski definition) is 7. The molecule has 0 aliphatic carbocycles. The van der Waals surface area contributed by atoms with Crippen LogP contribution < -0.4 is 14.9 Å². The Hall–Kier alpha value is -3.36. The normalized spacial score (nSPS) is 14.4. The molecule has 0 unspecified atom stereocenters. The Kier molecular flexibility index (Phi) is 8.97. The van der Waals surface area contributed by atoms with Crippen molar-refractivity contribution in [2.24, 2.45) is 5.41 Å². The Morgan fingerprint density at radius 2 is 1.90 bits per heavy atom. The minimum Gasteiger partial charge on any atom is -0.490 e. The van der Waals surface area contributed by atoms with Gasteiger partial charge in [-0.15, -0.1) is 0 Å². The maximum atomic E-state index is 13.8. The first-order chi connectivity index (χ1) is 18.7. The average molecular weight is 555 g/mol. The zero-order chi connectivity index (χ0) is 28.2. The number of hydrogen-bond donors (Lipinski definition) is 0. The van der Waals surface area contributed by atoms with E-state index < -0.39 is 11.4 Å². The molecule has 3 heterocycles. The van der Waals surface area contributed by atoms with Gasteiger partial charge >= 0.3 is 5.97 Å². The van der Waals surface area contributed by atoms with E-state index in [0.717, 1.165) is 11.1 Å². The van der Waals surface area contributed by atoms with E-state index in [4.69, 9.17) is 35.5 Å². The van der Waals surface area contributed by atoms with Gasteiger partial charge in [-0.1, -0.05) is 62.7 Å². The highest BCUT2D eigenvalue weighted by atomic mass is 35.5. The van der Waals surface area contributed by atoms with Crippen molar-refractivity contribution >= 4 is 17.6 Å². The smallest absolute Gasteiger partial charge is 0.343 e. The lowest BCUT2D eigenvalue weighted by atomic mass is 9.79. The number of ether oxygens (including phenoxy) is 4. The summed E-state index contributed by atoms with van der Waals surface area (Å²) in [5, 5.41) is 0.183. The van der Waals surface area contributed by atoms with E-state index in [1.54, 1.807) is 20.2 Å². The summed E-state index contributed by atoms with van der Waals surface area (Å²) >= 11 is 6.59. The van der Waals surface area contributed by atoms with E-state index in [9.17, 15) is 9.59 Å². The summed E-state index contributed by atoms with van der Waals surface area (Å²) < 4.78 is 24.4. The molecule has 0 amide bonds. The van der Waals surface area contributed by atoms with Crippen molar-refractivity contribution in [2.75, 3.05) is 26.9 Å². The van der Waals surface area contributed by atoms with Crippen LogP contribution in [-0.2, 0) is 22.5 Å². The second-order valence-electron chi connectivity index (χ2n) is 10.5. The number of esters is 1. The van der Waals surface area contributed by atoms with Crippen LogP contribution in [0.15, 0.2) is 47.4 Å². The molecule has 39 heavy (non-hydrogen) atoms. The number of benzene rings is 1. The minimum absolute atomic E-state index is 0.0388. The van der Waals surface area contributed by atoms with Gasteiger partial charge in [0, 0.05) is 32.4 Å². The van der Waals surface area contributed by atoms with Crippen molar-refractivity contribution in [3.8, 4) is 22.9 Å². The van der Waals surface area contributed by atoms with E-state index >= 15 is 0 Å². The first-order valence-corrected chi connectivity index (χ1v) is 13.5. The van der Waals surface area contributed by atoms with Crippen LogP contribution in [-0.4, -0.2) is 42.5 Å². The van der Waals surface area contributed by atoms with Crippen LogP contribution in [0.4, 0.5) is 0 Å². The van der Waals surface area contributed by atoms with E-state index in [1.807, 2.05) is 41.0 Å². The molecule has 0 N–H and O–H groups in total. The van der Waals surface area contributed by atoms with Gasteiger partial charge < -0.3 is 23.5 Å². The van der Waals surface area contributed by atoms with E-state index in [-0.39, 0.29) is 41.1 Å². The van der Waals surface area contributed by atoms with Crippen molar-refractivity contribution in [3.05, 3.63) is 74.7 Å². The van der Waals surface area contributed by atoms with Crippen LogP contribution in [0, 0.1) is 5.41 Å².